The van der Waals surface area contributed by atoms with Gasteiger partial charge in [0.05, 0.1) is 11.9 Å². The summed E-state index contributed by atoms with van der Waals surface area (Å²) in [7, 11) is -2.04. The van der Waals surface area contributed by atoms with Crippen molar-refractivity contribution in [2.75, 3.05) is 17.6 Å². The molecule has 0 heterocycles. The van der Waals surface area contributed by atoms with E-state index >= 15 is 0 Å². The molecule has 0 aliphatic rings. The highest BCUT2D eigenvalue weighted by Crippen LogP contribution is 2.27. The third kappa shape index (κ3) is 3.50. The van der Waals surface area contributed by atoms with Crippen molar-refractivity contribution < 1.29 is 13.2 Å². The van der Waals surface area contributed by atoms with Crippen molar-refractivity contribution in [2.45, 2.75) is 33.2 Å². The van der Waals surface area contributed by atoms with Gasteiger partial charge < -0.3 is 5.32 Å². The zero-order valence-corrected chi connectivity index (χ0v) is 13.4. The Morgan fingerprint density at radius 2 is 1.95 bits per heavy atom. The van der Waals surface area contributed by atoms with Crippen molar-refractivity contribution in [3.63, 3.8) is 0 Å². The molecule has 1 N–H and O–H groups in total. The zero-order valence-electron chi connectivity index (χ0n) is 12.6. The lowest BCUT2D eigenvalue weighted by molar-refractivity contribution is -0.121. The first kappa shape index (κ1) is 16.5. The standard InChI is InChI=1S/C14H22N2O3S/c1-6-12(14(17)15-4)16(20(5,18)19)13-9-10(2)7-8-11(13)3/h7-9,12H,6H2,1-5H3,(H,15,17)/t12-/m0/s1. The van der Waals surface area contributed by atoms with Crippen LogP contribution in [0.3, 0.4) is 0 Å². The number of hydrogen-bond donors (Lipinski definition) is 1. The minimum Gasteiger partial charge on any atom is -0.357 e. The number of amides is 1. The van der Waals surface area contributed by atoms with Gasteiger partial charge in [0.15, 0.2) is 0 Å². The van der Waals surface area contributed by atoms with Crippen molar-refractivity contribution in [1.82, 2.24) is 5.32 Å². The lowest BCUT2D eigenvalue weighted by atomic mass is 10.1. The minimum atomic E-state index is -3.55. The summed E-state index contributed by atoms with van der Waals surface area (Å²) in [5, 5.41) is 2.53. The molecule has 0 bridgehead atoms. The first-order valence-electron chi connectivity index (χ1n) is 6.50. The zero-order chi connectivity index (χ0) is 15.5. The van der Waals surface area contributed by atoms with Crippen LogP contribution in [0.2, 0.25) is 0 Å². The first-order valence-corrected chi connectivity index (χ1v) is 8.35. The number of nitrogens with one attached hydrogen (secondary N) is 1. The second-order valence-corrected chi connectivity index (χ2v) is 6.75. The predicted octanol–water partition coefficient (Wildman–Crippen LogP) is 1.59. The van der Waals surface area contributed by atoms with Crippen LogP contribution in [-0.2, 0) is 14.8 Å². The van der Waals surface area contributed by atoms with Crippen LogP contribution in [-0.4, -0.2) is 33.7 Å². The van der Waals surface area contributed by atoms with Crippen molar-refractivity contribution in [3.05, 3.63) is 29.3 Å². The molecule has 1 aromatic carbocycles. The molecule has 0 unspecified atom stereocenters. The molecule has 0 spiro atoms. The van der Waals surface area contributed by atoms with E-state index in [2.05, 4.69) is 5.32 Å². The lowest BCUT2D eigenvalue weighted by Crippen LogP contribution is -2.48. The molecule has 0 aliphatic heterocycles. The molecule has 0 aromatic heterocycles. The summed E-state index contributed by atoms with van der Waals surface area (Å²) in [6.45, 7) is 5.52. The fourth-order valence-electron chi connectivity index (χ4n) is 2.16. The van der Waals surface area contributed by atoms with Gasteiger partial charge in [-0.15, -0.1) is 0 Å². The normalized spacial score (nSPS) is 12.8. The van der Waals surface area contributed by atoms with E-state index < -0.39 is 16.1 Å². The van der Waals surface area contributed by atoms with Crippen LogP contribution in [0, 0.1) is 13.8 Å². The summed E-state index contributed by atoms with van der Waals surface area (Å²) in [4.78, 5) is 12.0. The Kier molecular flexibility index (Phi) is 5.16. The highest BCUT2D eigenvalue weighted by molar-refractivity contribution is 7.92. The Hall–Kier alpha value is -1.56. The summed E-state index contributed by atoms with van der Waals surface area (Å²) < 4.78 is 25.5. The molecular weight excluding hydrogens is 276 g/mol. The van der Waals surface area contributed by atoms with Crippen LogP contribution in [0.25, 0.3) is 0 Å². The Morgan fingerprint density at radius 3 is 2.40 bits per heavy atom. The molecule has 1 rings (SSSR count). The molecule has 0 aliphatic carbocycles. The van der Waals surface area contributed by atoms with Crippen molar-refractivity contribution in [1.29, 1.82) is 0 Å². The van der Waals surface area contributed by atoms with Gasteiger partial charge in [-0.2, -0.15) is 0 Å². The number of likely N-dealkylation sites (N-methyl/N-ethyl adjacent to an activating group) is 1. The van der Waals surface area contributed by atoms with E-state index in [4.69, 9.17) is 0 Å². The smallest absolute Gasteiger partial charge is 0.243 e. The lowest BCUT2D eigenvalue weighted by Gasteiger charge is -2.31. The van der Waals surface area contributed by atoms with Crippen LogP contribution in [0.4, 0.5) is 5.69 Å². The second-order valence-electron chi connectivity index (χ2n) is 4.89. The van der Waals surface area contributed by atoms with E-state index in [1.54, 1.807) is 13.0 Å². The summed E-state index contributed by atoms with van der Waals surface area (Å²) in [5.74, 6) is -0.307. The highest BCUT2D eigenvalue weighted by Gasteiger charge is 2.31. The van der Waals surface area contributed by atoms with Gasteiger partial charge in [-0.05, 0) is 37.5 Å². The van der Waals surface area contributed by atoms with Crippen molar-refractivity contribution >= 4 is 21.6 Å². The van der Waals surface area contributed by atoms with Crippen LogP contribution in [0.5, 0.6) is 0 Å². The fourth-order valence-corrected chi connectivity index (χ4v) is 3.42. The molecule has 0 saturated carbocycles. The molecule has 0 fully saturated rings. The molecule has 112 valence electrons. The molecule has 1 amide bonds. The summed E-state index contributed by atoms with van der Waals surface area (Å²) in [6, 6.07) is 4.83. The predicted molar refractivity (Wildman–Crippen MR) is 81.4 cm³/mol. The Labute approximate surface area is 121 Å². The van der Waals surface area contributed by atoms with E-state index in [0.29, 0.717) is 12.1 Å². The van der Waals surface area contributed by atoms with Crippen molar-refractivity contribution in [2.24, 2.45) is 0 Å². The Bertz CT molecular complexity index is 596. The Morgan fingerprint density at radius 1 is 1.35 bits per heavy atom. The number of carbonyl (C=O) groups is 1. The number of aryl methyl sites for hydroxylation is 2. The van der Waals surface area contributed by atoms with E-state index in [0.717, 1.165) is 17.4 Å². The summed E-state index contributed by atoms with van der Waals surface area (Å²) in [5.41, 5.74) is 2.33. The molecule has 5 nitrogen and oxygen atoms in total. The first-order chi connectivity index (χ1) is 9.22. The maximum Gasteiger partial charge on any atom is 0.243 e. The maximum absolute atomic E-state index is 12.2. The SMILES string of the molecule is CC[C@@H](C(=O)NC)N(c1cc(C)ccc1C)S(C)(=O)=O. The van der Waals surface area contributed by atoms with E-state index in [9.17, 15) is 13.2 Å². The molecule has 1 atom stereocenters. The van der Waals surface area contributed by atoms with Crippen LogP contribution in [0.15, 0.2) is 18.2 Å². The van der Waals surface area contributed by atoms with Gasteiger partial charge in [0.1, 0.15) is 6.04 Å². The Balaban J connectivity index is 3.47. The number of hydrogen-bond acceptors (Lipinski definition) is 3. The molecule has 20 heavy (non-hydrogen) atoms. The monoisotopic (exact) mass is 298 g/mol. The highest BCUT2D eigenvalue weighted by atomic mass is 32.2. The minimum absolute atomic E-state index is 0.307. The third-order valence-corrected chi connectivity index (χ3v) is 4.34. The number of rotatable bonds is 5. The molecule has 0 radical (unpaired) electrons. The van der Waals surface area contributed by atoms with Crippen molar-refractivity contribution in [3.8, 4) is 0 Å². The second kappa shape index (κ2) is 6.26. The molecule has 6 heteroatoms. The van der Waals surface area contributed by atoms with E-state index in [-0.39, 0.29) is 5.91 Å². The van der Waals surface area contributed by atoms with Gasteiger partial charge in [-0.25, -0.2) is 8.42 Å². The summed E-state index contributed by atoms with van der Waals surface area (Å²) in [6.07, 6.45) is 1.53. The van der Waals surface area contributed by atoms with Gasteiger partial charge in [0.2, 0.25) is 15.9 Å². The molecule has 0 saturated heterocycles. The number of benzene rings is 1. The average Bonchev–Trinajstić information content (AvgIpc) is 2.36. The topological polar surface area (TPSA) is 66.5 Å². The van der Waals surface area contributed by atoms with Crippen LogP contribution in [0.1, 0.15) is 24.5 Å². The van der Waals surface area contributed by atoms with Gasteiger partial charge in [0.25, 0.3) is 0 Å². The van der Waals surface area contributed by atoms with Crippen LogP contribution < -0.4 is 9.62 Å². The molecular formula is C14H22N2O3S. The van der Waals surface area contributed by atoms with E-state index in [1.807, 2.05) is 26.0 Å². The molecule has 1 aromatic rings. The fraction of sp³-hybridized carbons (Fsp3) is 0.500. The largest absolute Gasteiger partial charge is 0.357 e. The third-order valence-electron chi connectivity index (χ3n) is 3.18. The number of nitrogens with zero attached hydrogens (tertiary/aromatic N) is 1. The summed E-state index contributed by atoms with van der Waals surface area (Å²) >= 11 is 0. The van der Waals surface area contributed by atoms with E-state index in [1.165, 1.54) is 11.4 Å². The average molecular weight is 298 g/mol. The van der Waals surface area contributed by atoms with Gasteiger partial charge in [-0.3, -0.25) is 9.10 Å². The van der Waals surface area contributed by atoms with Gasteiger partial charge >= 0.3 is 0 Å². The number of sulfonamides is 1. The number of carbonyl (C=O) groups excluding carboxylic acids is 1. The van der Waals surface area contributed by atoms with Gasteiger partial charge in [0, 0.05) is 7.05 Å². The number of anilines is 1. The maximum atomic E-state index is 12.2. The van der Waals surface area contributed by atoms with Gasteiger partial charge in [-0.1, -0.05) is 19.1 Å². The van der Waals surface area contributed by atoms with Crippen LogP contribution >= 0.6 is 0 Å². The quantitative estimate of drug-likeness (QED) is 0.898.